The highest BCUT2D eigenvalue weighted by molar-refractivity contribution is 5.97. The first kappa shape index (κ1) is 25.7. The molecule has 0 amide bonds. The summed E-state index contributed by atoms with van der Waals surface area (Å²) < 4.78 is 23.5. The lowest BCUT2D eigenvalue weighted by Gasteiger charge is -2.37. The third-order valence-electron chi connectivity index (χ3n) is 8.03. The molecular formula is C36H29NO5. The molecule has 6 nitrogen and oxygen atoms in total. The molecule has 2 aliphatic heterocycles. The summed E-state index contributed by atoms with van der Waals surface area (Å²) in [7, 11) is 3.34. The number of hydrogen-bond donors (Lipinski definition) is 0. The lowest BCUT2D eigenvalue weighted by molar-refractivity contribution is 0.0224. The minimum Gasteiger partial charge on any atom is -0.497 e. The molecule has 6 heteroatoms. The van der Waals surface area contributed by atoms with Crippen molar-refractivity contribution in [3.05, 3.63) is 149 Å². The van der Waals surface area contributed by atoms with Crippen LogP contribution in [0.1, 0.15) is 38.2 Å². The van der Waals surface area contributed by atoms with Crippen LogP contribution in [0.5, 0.6) is 23.0 Å². The molecule has 1 unspecified atom stereocenters. The number of hydrogen-bond acceptors (Lipinski definition) is 6. The van der Waals surface area contributed by atoms with E-state index in [1.807, 2.05) is 78.9 Å². The molecule has 208 valence electrons. The van der Waals surface area contributed by atoms with Crippen LogP contribution < -0.4 is 19.1 Å². The van der Waals surface area contributed by atoms with Gasteiger partial charge in [-0.1, -0.05) is 60.7 Å². The average Bonchev–Trinajstić information content (AvgIpc) is 3.33. The van der Waals surface area contributed by atoms with E-state index in [9.17, 15) is 4.79 Å². The smallest absolute Gasteiger partial charge is 0.340 e. The molecule has 42 heavy (non-hydrogen) atoms. The SMILES string of the molecule is COc1ccc(CN(Cc2ccc(OC)cc2)c2ccc3c(c2)Oc2ccccc2C32OC(=O)c3ccccc32)cc1. The number of ether oxygens (including phenoxy) is 4. The zero-order valence-corrected chi connectivity index (χ0v) is 23.4. The Morgan fingerprint density at radius 3 is 1.86 bits per heavy atom. The Labute approximate surface area is 244 Å². The van der Waals surface area contributed by atoms with E-state index in [-0.39, 0.29) is 5.97 Å². The maximum Gasteiger partial charge on any atom is 0.340 e. The standard InChI is InChI=1S/C36H29NO5/c1-39-27-16-11-24(12-17-27)22-37(23-25-13-18-28(40-2)19-14-25)26-15-20-32-34(21-26)41-33-10-6-5-9-31(33)36(32)30-8-4-3-7-29(30)35(38)42-36/h3-21H,22-23H2,1-2H3. The monoisotopic (exact) mass is 555 g/mol. The number of esters is 1. The number of carbonyl (C=O) groups excluding carboxylic acids is 1. The first-order chi connectivity index (χ1) is 20.6. The van der Waals surface area contributed by atoms with E-state index in [1.165, 1.54) is 0 Å². The predicted octanol–water partition coefficient (Wildman–Crippen LogP) is 7.48. The molecule has 5 aromatic carbocycles. The maximum atomic E-state index is 13.1. The first-order valence-corrected chi connectivity index (χ1v) is 13.8. The summed E-state index contributed by atoms with van der Waals surface area (Å²) in [5, 5.41) is 0. The van der Waals surface area contributed by atoms with Gasteiger partial charge in [0.15, 0.2) is 5.60 Å². The Morgan fingerprint density at radius 2 is 1.21 bits per heavy atom. The van der Waals surface area contributed by atoms with Gasteiger partial charge in [-0.15, -0.1) is 0 Å². The van der Waals surface area contributed by atoms with Crippen molar-refractivity contribution >= 4 is 11.7 Å². The third kappa shape index (κ3) is 4.23. The second-order valence-corrected chi connectivity index (χ2v) is 10.4. The van der Waals surface area contributed by atoms with E-state index >= 15 is 0 Å². The molecule has 0 radical (unpaired) electrons. The van der Waals surface area contributed by atoms with Crippen LogP contribution in [0.2, 0.25) is 0 Å². The van der Waals surface area contributed by atoms with Gasteiger partial charge in [-0.05, 0) is 59.7 Å². The summed E-state index contributed by atoms with van der Waals surface area (Å²) in [6.07, 6.45) is 0. The molecule has 0 aliphatic carbocycles. The number of nitrogens with zero attached hydrogens (tertiary/aromatic N) is 1. The van der Waals surface area contributed by atoms with Crippen molar-refractivity contribution in [1.29, 1.82) is 0 Å². The Hall–Kier alpha value is -5.23. The van der Waals surface area contributed by atoms with Gasteiger partial charge in [0.2, 0.25) is 0 Å². The van der Waals surface area contributed by atoms with Gasteiger partial charge >= 0.3 is 5.97 Å². The molecule has 2 heterocycles. The van der Waals surface area contributed by atoms with Crippen molar-refractivity contribution < 1.29 is 23.7 Å². The van der Waals surface area contributed by atoms with E-state index in [0.29, 0.717) is 30.2 Å². The number of carbonyl (C=O) groups is 1. The predicted molar refractivity (Wildman–Crippen MR) is 161 cm³/mol. The van der Waals surface area contributed by atoms with E-state index in [2.05, 4.69) is 41.3 Å². The van der Waals surface area contributed by atoms with Crippen molar-refractivity contribution in [3.63, 3.8) is 0 Å². The topological polar surface area (TPSA) is 57.2 Å². The molecule has 2 aliphatic rings. The highest BCUT2D eigenvalue weighted by Gasteiger charge is 2.53. The summed E-state index contributed by atoms with van der Waals surface area (Å²) in [5.41, 5.74) is 5.21. The van der Waals surface area contributed by atoms with Crippen LogP contribution in [0.4, 0.5) is 5.69 Å². The van der Waals surface area contributed by atoms with E-state index < -0.39 is 5.60 Å². The number of fused-ring (bicyclic) bond motifs is 6. The highest BCUT2D eigenvalue weighted by Crippen LogP contribution is 2.56. The van der Waals surface area contributed by atoms with Crippen LogP contribution in [-0.4, -0.2) is 20.2 Å². The third-order valence-corrected chi connectivity index (χ3v) is 8.03. The van der Waals surface area contributed by atoms with Gasteiger partial charge in [-0.25, -0.2) is 4.79 Å². The largest absolute Gasteiger partial charge is 0.497 e. The van der Waals surface area contributed by atoms with Crippen molar-refractivity contribution in [2.75, 3.05) is 19.1 Å². The Morgan fingerprint density at radius 1 is 0.643 bits per heavy atom. The molecule has 0 saturated carbocycles. The average molecular weight is 556 g/mol. The van der Waals surface area contributed by atoms with Crippen LogP contribution in [0.15, 0.2) is 115 Å². The van der Waals surface area contributed by atoms with Gasteiger partial charge in [0.25, 0.3) is 0 Å². The van der Waals surface area contributed by atoms with E-state index in [4.69, 9.17) is 18.9 Å². The van der Waals surface area contributed by atoms with Gasteiger partial charge in [-0.2, -0.15) is 0 Å². The minimum atomic E-state index is -1.08. The molecule has 0 bridgehead atoms. The van der Waals surface area contributed by atoms with Gasteiger partial charge in [-0.3, -0.25) is 0 Å². The van der Waals surface area contributed by atoms with Crippen LogP contribution in [-0.2, 0) is 23.4 Å². The molecule has 1 spiro atoms. The van der Waals surface area contributed by atoms with Crippen molar-refractivity contribution in [2.24, 2.45) is 0 Å². The summed E-state index contributed by atoms with van der Waals surface area (Å²) >= 11 is 0. The Balaban J connectivity index is 1.33. The van der Waals surface area contributed by atoms with Crippen LogP contribution in [0.3, 0.4) is 0 Å². The number of anilines is 1. The lowest BCUT2D eigenvalue weighted by Crippen LogP contribution is -2.33. The number of benzene rings is 5. The number of para-hydroxylation sites is 1. The molecule has 1 atom stereocenters. The Bertz CT molecular complexity index is 1730. The second kappa shape index (κ2) is 10.3. The number of rotatable bonds is 7. The van der Waals surface area contributed by atoms with Crippen LogP contribution in [0, 0.1) is 0 Å². The molecule has 7 rings (SSSR count). The fourth-order valence-electron chi connectivity index (χ4n) is 5.95. The summed E-state index contributed by atoms with van der Waals surface area (Å²) in [6.45, 7) is 1.32. The maximum absolute atomic E-state index is 13.1. The molecular weight excluding hydrogens is 526 g/mol. The highest BCUT2D eigenvalue weighted by atomic mass is 16.6. The van der Waals surface area contributed by atoms with E-state index in [1.54, 1.807) is 14.2 Å². The van der Waals surface area contributed by atoms with Gasteiger partial charge < -0.3 is 23.8 Å². The number of methoxy groups -OCH3 is 2. The summed E-state index contributed by atoms with van der Waals surface area (Å²) in [6, 6.07) is 37.8. The molecule has 0 aromatic heterocycles. The lowest BCUT2D eigenvalue weighted by atomic mass is 9.77. The zero-order valence-electron chi connectivity index (χ0n) is 23.4. The summed E-state index contributed by atoms with van der Waals surface area (Å²) in [5.74, 6) is 2.63. The van der Waals surface area contributed by atoms with Crippen LogP contribution >= 0.6 is 0 Å². The van der Waals surface area contributed by atoms with Crippen molar-refractivity contribution in [1.82, 2.24) is 0 Å². The van der Waals surface area contributed by atoms with Crippen molar-refractivity contribution in [2.45, 2.75) is 18.7 Å². The molecule has 0 saturated heterocycles. The Kier molecular flexibility index (Phi) is 6.31. The molecule has 5 aromatic rings. The van der Waals surface area contributed by atoms with Gasteiger partial charge in [0.1, 0.15) is 23.0 Å². The normalized spacial score (nSPS) is 16.1. The first-order valence-electron chi connectivity index (χ1n) is 13.8. The van der Waals surface area contributed by atoms with Crippen LogP contribution in [0.25, 0.3) is 0 Å². The molecule has 0 fully saturated rings. The quantitative estimate of drug-likeness (QED) is 0.194. The van der Waals surface area contributed by atoms with Crippen molar-refractivity contribution in [3.8, 4) is 23.0 Å². The fraction of sp³-hybridized carbons (Fsp3) is 0.139. The molecule has 0 N–H and O–H groups in total. The van der Waals surface area contributed by atoms with Gasteiger partial charge in [0, 0.05) is 41.5 Å². The summed E-state index contributed by atoms with van der Waals surface area (Å²) in [4.78, 5) is 15.4. The second-order valence-electron chi connectivity index (χ2n) is 10.4. The van der Waals surface area contributed by atoms with E-state index in [0.717, 1.165) is 45.0 Å². The fourth-order valence-corrected chi connectivity index (χ4v) is 5.95. The zero-order chi connectivity index (χ0) is 28.7. The van der Waals surface area contributed by atoms with Gasteiger partial charge in [0.05, 0.1) is 19.8 Å². The minimum absolute atomic E-state index is 0.335.